The predicted molar refractivity (Wildman–Crippen MR) is 191 cm³/mol. The maximum atomic E-state index is 14.2. The average Bonchev–Trinajstić information content (AvgIpc) is 3.55. The number of carbonyl (C=O) groups excluding carboxylic acids is 5. The minimum Gasteiger partial charge on any atom is -0.459 e. The highest BCUT2D eigenvalue weighted by atomic mass is 16.6. The van der Waals surface area contributed by atoms with Crippen LogP contribution in [0.4, 0.5) is 0 Å². The van der Waals surface area contributed by atoms with Crippen LogP contribution in [-0.4, -0.2) is 34.7 Å². The number of hydrogen-bond acceptors (Lipinski definition) is 6. The number of ether oxygens (including phenoxy) is 1. The van der Waals surface area contributed by atoms with Crippen molar-refractivity contribution in [3.05, 3.63) is 11.6 Å². The summed E-state index contributed by atoms with van der Waals surface area (Å²) in [5, 5.41) is 0. The second kappa shape index (κ2) is 11.7. The lowest BCUT2D eigenvalue weighted by atomic mass is 9.44. The Morgan fingerprint density at radius 3 is 2.32 bits per heavy atom. The molecule has 0 heterocycles. The number of esters is 1. The van der Waals surface area contributed by atoms with Crippen molar-refractivity contribution in [2.75, 3.05) is 0 Å². The molecule has 6 heteroatoms. The second-order valence-electron chi connectivity index (χ2n) is 20.2. The summed E-state index contributed by atoms with van der Waals surface area (Å²) in [6, 6.07) is 0. The van der Waals surface area contributed by atoms with Crippen molar-refractivity contribution >= 4 is 29.1 Å². The molecule has 0 aliphatic heterocycles. The Labute approximate surface area is 300 Å². The molecular formula is C44H62O6. The molecule has 7 saturated carbocycles. The van der Waals surface area contributed by atoms with Crippen molar-refractivity contribution in [3.63, 3.8) is 0 Å². The van der Waals surface area contributed by atoms with Crippen LogP contribution in [-0.2, 0) is 28.7 Å². The van der Waals surface area contributed by atoms with Crippen LogP contribution in [0.15, 0.2) is 11.6 Å². The van der Waals surface area contributed by atoms with Gasteiger partial charge in [0.15, 0.2) is 5.78 Å². The molecule has 0 amide bonds. The Morgan fingerprint density at radius 1 is 0.800 bits per heavy atom. The summed E-state index contributed by atoms with van der Waals surface area (Å²) in [5.74, 6) is 3.67. The monoisotopic (exact) mass is 686 g/mol. The van der Waals surface area contributed by atoms with Gasteiger partial charge < -0.3 is 4.74 Å². The summed E-state index contributed by atoms with van der Waals surface area (Å²) < 4.78 is 6.59. The van der Waals surface area contributed by atoms with E-state index < -0.39 is 11.0 Å². The number of allylic oxidation sites excluding steroid dienone is 2. The van der Waals surface area contributed by atoms with Gasteiger partial charge >= 0.3 is 5.97 Å². The average molecular weight is 687 g/mol. The highest BCUT2D eigenvalue weighted by molar-refractivity contribution is 5.99. The lowest BCUT2D eigenvalue weighted by molar-refractivity contribution is -0.185. The zero-order valence-corrected chi connectivity index (χ0v) is 31.7. The molecule has 8 rings (SSSR count). The Bertz CT molecular complexity index is 1540. The van der Waals surface area contributed by atoms with E-state index in [1.54, 1.807) is 6.08 Å². The van der Waals surface area contributed by atoms with Gasteiger partial charge in [0.2, 0.25) is 0 Å². The molecule has 0 saturated heterocycles. The van der Waals surface area contributed by atoms with Gasteiger partial charge in [0.1, 0.15) is 23.0 Å². The fraction of sp³-hybridized carbons (Fsp3) is 0.841. The number of ketones is 4. The summed E-state index contributed by atoms with van der Waals surface area (Å²) in [7, 11) is 0. The van der Waals surface area contributed by atoms with Crippen LogP contribution < -0.4 is 0 Å². The lowest BCUT2D eigenvalue weighted by Crippen LogP contribution is -2.57. The summed E-state index contributed by atoms with van der Waals surface area (Å²) in [6.07, 6.45) is 16.0. The SMILES string of the molecule is CC(CCC(=O)O[C@]1(C)CC[C@@H]2[C@H]3CC[C@@H]4CC(=O)CC[C@@]4(C)[C@@H]3CC[C@]21C)C1CC[C@H]2[C@@H]3C(=O)C=C4CC(=O)CC[C@]4(C)[C@H]3CC(=O)[C@]12C. The van der Waals surface area contributed by atoms with Crippen molar-refractivity contribution in [1.82, 2.24) is 0 Å². The molecule has 0 radical (unpaired) electrons. The van der Waals surface area contributed by atoms with Crippen LogP contribution in [0.5, 0.6) is 0 Å². The zero-order chi connectivity index (χ0) is 35.6. The number of rotatable bonds is 5. The third-order valence-electron chi connectivity index (χ3n) is 18.6. The van der Waals surface area contributed by atoms with Crippen LogP contribution in [0.3, 0.4) is 0 Å². The lowest BCUT2D eigenvalue weighted by Gasteiger charge is -2.61. The van der Waals surface area contributed by atoms with Gasteiger partial charge in [-0.3, -0.25) is 24.0 Å². The molecule has 8 aliphatic carbocycles. The molecule has 2 unspecified atom stereocenters. The molecule has 0 N–H and O–H groups in total. The fourth-order valence-corrected chi connectivity index (χ4v) is 15.2. The molecule has 8 aliphatic rings. The Morgan fingerprint density at radius 2 is 1.54 bits per heavy atom. The van der Waals surface area contributed by atoms with E-state index in [4.69, 9.17) is 4.74 Å². The third kappa shape index (κ3) is 4.79. The van der Waals surface area contributed by atoms with Gasteiger partial charge in [-0.1, -0.05) is 40.2 Å². The molecule has 0 bridgehead atoms. The molecule has 0 aromatic rings. The normalized spacial score (nSPS) is 50.2. The van der Waals surface area contributed by atoms with Crippen LogP contribution in [0, 0.1) is 74.9 Å². The first-order chi connectivity index (χ1) is 23.5. The molecule has 14 atom stereocenters. The standard InChI is InChI=1S/C44H62O6/c1-25(31-10-11-34-39-35(24-37(48)44(31,34)6)41(3)18-14-29(46)22-27(41)23-36(39)47)7-12-38(49)50-43(5)20-16-33-30-9-8-26-21-28(45)13-17-40(26,2)32(30)15-19-42(33,43)4/h23,25-26,30-35,39H,7-22,24H2,1-6H3/t25?,26-,30+,31?,32-,33-,34+,35+,39+,40-,41+,42-,43-,44-/m1/s1. The van der Waals surface area contributed by atoms with E-state index in [2.05, 4.69) is 41.5 Å². The van der Waals surface area contributed by atoms with Crippen LogP contribution >= 0.6 is 0 Å². The Hall–Kier alpha value is -2.11. The second-order valence-corrected chi connectivity index (χ2v) is 20.2. The minimum atomic E-state index is -0.551. The van der Waals surface area contributed by atoms with E-state index >= 15 is 0 Å². The molecule has 274 valence electrons. The third-order valence-corrected chi connectivity index (χ3v) is 18.6. The van der Waals surface area contributed by atoms with Crippen molar-refractivity contribution in [3.8, 4) is 0 Å². The predicted octanol–water partition coefficient (Wildman–Crippen LogP) is 8.82. The molecule has 0 spiro atoms. The number of carbonyl (C=O) groups is 5. The van der Waals surface area contributed by atoms with Crippen LogP contribution in [0.1, 0.15) is 151 Å². The van der Waals surface area contributed by atoms with Gasteiger partial charge in [-0.2, -0.15) is 0 Å². The van der Waals surface area contributed by atoms with Gasteiger partial charge in [-0.25, -0.2) is 0 Å². The Balaban J connectivity index is 0.921. The Kier molecular flexibility index (Phi) is 8.17. The van der Waals surface area contributed by atoms with Crippen molar-refractivity contribution in [1.29, 1.82) is 0 Å². The van der Waals surface area contributed by atoms with Crippen LogP contribution in [0.2, 0.25) is 0 Å². The van der Waals surface area contributed by atoms with E-state index in [0.717, 1.165) is 63.4 Å². The first kappa shape index (κ1) is 34.9. The van der Waals surface area contributed by atoms with Gasteiger partial charge in [-0.05, 0) is 142 Å². The maximum absolute atomic E-state index is 14.2. The van der Waals surface area contributed by atoms with E-state index in [0.29, 0.717) is 67.3 Å². The number of Topliss-reactive ketones (excluding diaryl/α,β-unsaturated/α-hetero) is 3. The summed E-state index contributed by atoms with van der Waals surface area (Å²) >= 11 is 0. The molecule has 0 aromatic heterocycles. The van der Waals surface area contributed by atoms with Gasteiger partial charge in [0, 0.05) is 55.3 Å². The van der Waals surface area contributed by atoms with Crippen molar-refractivity contribution in [2.45, 2.75) is 156 Å². The highest BCUT2D eigenvalue weighted by Crippen LogP contribution is 2.69. The first-order valence-corrected chi connectivity index (χ1v) is 20.6. The fourth-order valence-electron chi connectivity index (χ4n) is 15.2. The first-order valence-electron chi connectivity index (χ1n) is 20.6. The maximum Gasteiger partial charge on any atom is 0.306 e. The molecule has 6 nitrogen and oxygen atoms in total. The number of fused-ring (bicyclic) bond motifs is 10. The highest BCUT2D eigenvalue weighted by Gasteiger charge is 2.66. The van der Waals surface area contributed by atoms with E-state index in [9.17, 15) is 24.0 Å². The largest absolute Gasteiger partial charge is 0.459 e. The summed E-state index contributed by atoms with van der Waals surface area (Å²) in [5.41, 5.74) is -0.0386. The summed E-state index contributed by atoms with van der Waals surface area (Å²) in [6.45, 7) is 13.7. The van der Waals surface area contributed by atoms with Gasteiger partial charge in [-0.15, -0.1) is 0 Å². The molecular weight excluding hydrogens is 624 g/mol. The topological polar surface area (TPSA) is 94.6 Å². The van der Waals surface area contributed by atoms with Gasteiger partial charge in [0.25, 0.3) is 0 Å². The quantitative estimate of drug-likeness (QED) is 0.268. The van der Waals surface area contributed by atoms with Crippen molar-refractivity contribution < 1.29 is 28.7 Å². The van der Waals surface area contributed by atoms with Crippen molar-refractivity contribution in [2.24, 2.45) is 74.9 Å². The van der Waals surface area contributed by atoms with Gasteiger partial charge in [0.05, 0.1) is 0 Å². The van der Waals surface area contributed by atoms with E-state index in [1.165, 1.54) is 19.3 Å². The minimum absolute atomic E-state index is 0.00473. The zero-order valence-electron chi connectivity index (χ0n) is 31.7. The molecule has 0 aromatic carbocycles. The van der Waals surface area contributed by atoms with Crippen LogP contribution in [0.25, 0.3) is 0 Å². The van der Waals surface area contributed by atoms with E-state index in [-0.39, 0.29) is 63.4 Å². The molecule has 7 fully saturated rings. The van der Waals surface area contributed by atoms with E-state index in [1.807, 2.05) is 0 Å². The summed E-state index contributed by atoms with van der Waals surface area (Å²) in [4.78, 5) is 66.4. The molecule has 50 heavy (non-hydrogen) atoms. The number of hydrogen-bond donors (Lipinski definition) is 0. The smallest absolute Gasteiger partial charge is 0.306 e.